The standard InChI is InChI=1S/C13H13F3O2S/c1-12(6-3-7-19-12)11(17)9-4-2-5-10(8-9)18-13(14,15)16/h2,4-5,8H,3,6-7H2,1H3. The van der Waals surface area contributed by atoms with Crippen LogP contribution in [-0.4, -0.2) is 22.6 Å². The van der Waals surface area contributed by atoms with Crippen LogP contribution in [0.15, 0.2) is 24.3 Å². The van der Waals surface area contributed by atoms with Gasteiger partial charge in [0.05, 0.1) is 4.75 Å². The fourth-order valence-corrected chi connectivity index (χ4v) is 3.37. The number of hydrogen-bond acceptors (Lipinski definition) is 3. The molecule has 1 atom stereocenters. The Morgan fingerprint density at radius 3 is 2.74 bits per heavy atom. The highest BCUT2D eigenvalue weighted by molar-refractivity contribution is 8.01. The number of thioether (sulfide) groups is 1. The van der Waals surface area contributed by atoms with Crippen molar-refractivity contribution in [3.8, 4) is 5.75 Å². The fourth-order valence-electron chi connectivity index (χ4n) is 2.10. The second-order valence-electron chi connectivity index (χ2n) is 4.59. The molecule has 1 heterocycles. The molecular weight excluding hydrogens is 277 g/mol. The number of ketones is 1. The minimum absolute atomic E-state index is 0.136. The first kappa shape index (κ1) is 14.2. The maximum atomic E-state index is 12.3. The molecule has 1 unspecified atom stereocenters. The third kappa shape index (κ3) is 3.43. The molecule has 1 aliphatic heterocycles. The second kappa shape index (κ2) is 5.07. The summed E-state index contributed by atoms with van der Waals surface area (Å²) in [6.45, 7) is 1.84. The molecule has 6 heteroatoms. The van der Waals surface area contributed by atoms with Crippen molar-refractivity contribution in [1.29, 1.82) is 0 Å². The molecule has 1 fully saturated rings. The van der Waals surface area contributed by atoms with E-state index in [1.165, 1.54) is 18.2 Å². The SMILES string of the molecule is CC1(C(=O)c2cccc(OC(F)(F)F)c2)CCCS1. The lowest BCUT2D eigenvalue weighted by atomic mass is 9.94. The van der Waals surface area contributed by atoms with Gasteiger partial charge in [0.15, 0.2) is 5.78 Å². The number of alkyl halides is 3. The summed E-state index contributed by atoms with van der Waals surface area (Å²) in [5, 5.41) is 0. The van der Waals surface area contributed by atoms with Gasteiger partial charge in [-0.15, -0.1) is 24.9 Å². The summed E-state index contributed by atoms with van der Waals surface area (Å²) in [4.78, 5) is 12.3. The third-order valence-electron chi connectivity index (χ3n) is 3.03. The summed E-state index contributed by atoms with van der Waals surface area (Å²) in [7, 11) is 0. The zero-order valence-corrected chi connectivity index (χ0v) is 11.1. The van der Waals surface area contributed by atoms with Crippen LogP contribution >= 0.6 is 11.8 Å². The normalized spacial score (nSPS) is 23.4. The van der Waals surface area contributed by atoms with E-state index in [1.807, 2.05) is 6.92 Å². The maximum absolute atomic E-state index is 12.3. The van der Waals surface area contributed by atoms with E-state index < -0.39 is 11.1 Å². The van der Waals surface area contributed by atoms with Gasteiger partial charge in [-0.05, 0) is 37.7 Å². The molecule has 0 N–H and O–H groups in total. The van der Waals surface area contributed by atoms with Crippen LogP contribution in [0.4, 0.5) is 13.2 Å². The monoisotopic (exact) mass is 290 g/mol. The summed E-state index contributed by atoms with van der Waals surface area (Å²) >= 11 is 1.55. The Bertz CT molecular complexity index is 479. The fraction of sp³-hybridized carbons (Fsp3) is 0.462. The molecule has 2 nitrogen and oxygen atoms in total. The molecule has 1 aromatic carbocycles. The van der Waals surface area contributed by atoms with Crippen LogP contribution in [0, 0.1) is 0 Å². The van der Waals surface area contributed by atoms with Gasteiger partial charge in [-0.1, -0.05) is 12.1 Å². The van der Waals surface area contributed by atoms with Gasteiger partial charge in [-0.2, -0.15) is 0 Å². The molecular formula is C13H13F3O2S. The molecule has 0 aromatic heterocycles. The molecule has 0 saturated carbocycles. The lowest BCUT2D eigenvalue weighted by molar-refractivity contribution is -0.274. The van der Waals surface area contributed by atoms with Gasteiger partial charge >= 0.3 is 6.36 Å². The topological polar surface area (TPSA) is 26.3 Å². The van der Waals surface area contributed by atoms with E-state index in [0.717, 1.165) is 24.7 Å². The summed E-state index contributed by atoms with van der Waals surface area (Å²) in [5.74, 6) is 0.411. The van der Waals surface area contributed by atoms with Gasteiger partial charge in [-0.25, -0.2) is 0 Å². The van der Waals surface area contributed by atoms with E-state index in [2.05, 4.69) is 4.74 Å². The largest absolute Gasteiger partial charge is 0.573 e. The lowest BCUT2D eigenvalue weighted by Crippen LogP contribution is -2.28. The first-order valence-electron chi connectivity index (χ1n) is 5.85. The predicted octanol–water partition coefficient (Wildman–Crippen LogP) is 4.05. The number of halogens is 3. The van der Waals surface area contributed by atoms with E-state index in [1.54, 1.807) is 11.8 Å². The third-order valence-corrected chi connectivity index (χ3v) is 4.55. The summed E-state index contributed by atoms with van der Waals surface area (Å²) < 4.78 is 39.7. The Balaban J connectivity index is 2.21. The molecule has 0 radical (unpaired) electrons. The van der Waals surface area contributed by atoms with Crippen LogP contribution in [0.5, 0.6) is 5.75 Å². The number of carbonyl (C=O) groups excluding carboxylic acids is 1. The average Bonchev–Trinajstić information content (AvgIpc) is 2.74. The van der Waals surface area contributed by atoms with Crippen molar-refractivity contribution in [2.24, 2.45) is 0 Å². The number of carbonyl (C=O) groups is 1. The number of ether oxygens (including phenoxy) is 1. The molecule has 1 aromatic rings. The van der Waals surface area contributed by atoms with Crippen LogP contribution in [0.3, 0.4) is 0 Å². The van der Waals surface area contributed by atoms with Crippen molar-refractivity contribution in [1.82, 2.24) is 0 Å². The molecule has 104 valence electrons. The average molecular weight is 290 g/mol. The zero-order chi connectivity index (χ0) is 14.1. The molecule has 2 rings (SSSR count). The Morgan fingerprint density at radius 2 is 2.16 bits per heavy atom. The summed E-state index contributed by atoms with van der Waals surface area (Å²) in [6, 6.07) is 5.27. The first-order chi connectivity index (χ1) is 8.80. The smallest absolute Gasteiger partial charge is 0.406 e. The van der Waals surface area contributed by atoms with Gasteiger partial charge in [0, 0.05) is 5.56 Å². The Hall–Kier alpha value is -1.17. The predicted molar refractivity (Wildman–Crippen MR) is 67.6 cm³/mol. The van der Waals surface area contributed by atoms with Crippen molar-refractivity contribution in [2.45, 2.75) is 30.9 Å². The quantitative estimate of drug-likeness (QED) is 0.785. The number of rotatable bonds is 3. The number of hydrogen-bond donors (Lipinski definition) is 0. The van der Waals surface area contributed by atoms with Crippen LogP contribution < -0.4 is 4.74 Å². The van der Waals surface area contributed by atoms with Gasteiger partial charge in [0.2, 0.25) is 0 Å². The molecule has 0 spiro atoms. The molecule has 1 aliphatic rings. The summed E-state index contributed by atoms with van der Waals surface area (Å²) in [5.41, 5.74) is 0.263. The molecule has 1 saturated heterocycles. The molecule has 19 heavy (non-hydrogen) atoms. The Kier molecular flexibility index (Phi) is 3.80. The highest BCUT2D eigenvalue weighted by atomic mass is 32.2. The van der Waals surface area contributed by atoms with Crippen LogP contribution in [-0.2, 0) is 0 Å². The summed E-state index contributed by atoms with van der Waals surface area (Å²) in [6.07, 6.45) is -3.04. The van der Waals surface area contributed by atoms with Crippen molar-refractivity contribution in [2.75, 3.05) is 5.75 Å². The molecule has 0 bridgehead atoms. The van der Waals surface area contributed by atoms with Crippen molar-refractivity contribution >= 4 is 17.5 Å². The molecule has 0 amide bonds. The minimum Gasteiger partial charge on any atom is -0.406 e. The van der Waals surface area contributed by atoms with E-state index in [4.69, 9.17) is 0 Å². The van der Waals surface area contributed by atoms with Crippen LogP contribution in [0.1, 0.15) is 30.1 Å². The van der Waals surface area contributed by atoms with E-state index in [0.29, 0.717) is 0 Å². The minimum atomic E-state index is -4.74. The Labute approximate surface area is 113 Å². The zero-order valence-electron chi connectivity index (χ0n) is 10.3. The number of Topliss-reactive ketones (excluding diaryl/α,β-unsaturated/α-hetero) is 1. The van der Waals surface area contributed by atoms with Crippen LogP contribution in [0.2, 0.25) is 0 Å². The maximum Gasteiger partial charge on any atom is 0.573 e. The van der Waals surface area contributed by atoms with Gasteiger partial charge in [0.25, 0.3) is 0 Å². The van der Waals surface area contributed by atoms with E-state index in [-0.39, 0.29) is 17.1 Å². The van der Waals surface area contributed by atoms with Crippen molar-refractivity contribution in [3.05, 3.63) is 29.8 Å². The van der Waals surface area contributed by atoms with E-state index >= 15 is 0 Å². The van der Waals surface area contributed by atoms with Gasteiger partial charge in [-0.3, -0.25) is 4.79 Å². The van der Waals surface area contributed by atoms with Crippen LogP contribution in [0.25, 0.3) is 0 Å². The van der Waals surface area contributed by atoms with Gasteiger partial charge < -0.3 is 4.74 Å². The highest BCUT2D eigenvalue weighted by Crippen LogP contribution is 2.40. The molecule has 0 aliphatic carbocycles. The number of benzene rings is 1. The second-order valence-corrected chi connectivity index (χ2v) is 6.19. The Morgan fingerprint density at radius 1 is 1.42 bits per heavy atom. The van der Waals surface area contributed by atoms with Gasteiger partial charge in [0.1, 0.15) is 5.75 Å². The van der Waals surface area contributed by atoms with E-state index in [9.17, 15) is 18.0 Å². The van der Waals surface area contributed by atoms with Crippen molar-refractivity contribution < 1.29 is 22.7 Å². The van der Waals surface area contributed by atoms with Crippen molar-refractivity contribution in [3.63, 3.8) is 0 Å². The highest BCUT2D eigenvalue weighted by Gasteiger charge is 2.38. The first-order valence-corrected chi connectivity index (χ1v) is 6.83. The lowest BCUT2D eigenvalue weighted by Gasteiger charge is -2.21.